The molecular formula is C14H23N3O2. The molecule has 2 N–H and O–H groups in total. The number of hydrogen-bond donors (Lipinski definition) is 2. The predicted molar refractivity (Wildman–Crippen MR) is 76.5 cm³/mol. The third kappa shape index (κ3) is 4.52. The van der Waals surface area contributed by atoms with Gasteiger partial charge in [-0.2, -0.15) is 0 Å². The largest absolute Gasteiger partial charge is 0.364 e. The van der Waals surface area contributed by atoms with Crippen molar-refractivity contribution in [2.75, 3.05) is 20.1 Å². The number of likely N-dealkylation sites (N-methyl/N-ethyl adjacent to an activating group) is 1. The van der Waals surface area contributed by atoms with Crippen molar-refractivity contribution in [2.45, 2.75) is 33.2 Å². The molecule has 19 heavy (non-hydrogen) atoms. The SMILES string of the molecule is CCC(C)N(C)CCNC(=O)c1c[nH]c(C)cc1=O. The maximum atomic E-state index is 11.8. The molecule has 1 amide bonds. The lowest BCUT2D eigenvalue weighted by Gasteiger charge is -2.23. The molecule has 1 unspecified atom stereocenters. The molecule has 1 heterocycles. The van der Waals surface area contributed by atoms with Crippen LogP contribution in [0, 0.1) is 6.92 Å². The van der Waals surface area contributed by atoms with Gasteiger partial charge in [0.1, 0.15) is 5.56 Å². The Morgan fingerprint density at radius 3 is 2.79 bits per heavy atom. The summed E-state index contributed by atoms with van der Waals surface area (Å²) < 4.78 is 0. The smallest absolute Gasteiger partial charge is 0.256 e. The van der Waals surface area contributed by atoms with Gasteiger partial charge in [-0.3, -0.25) is 9.59 Å². The van der Waals surface area contributed by atoms with Gasteiger partial charge in [-0.25, -0.2) is 0 Å². The van der Waals surface area contributed by atoms with E-state index >= 15 is 0 Å². The number of hydrogen-bond acceptors (Lipinski definition) is 3. The Hall–Kier alpha value is -1.62. The zero-order chi connectivity index (χ0) is 14.4. The zero-order valence-corrected chi connectivity index (χ0v) is 12.1. The van der Waals surface area contributed by atoms with Crippen molar-refractivity contribution >= 4 is 5.91 Å². The minimum absolute atomic E-state index is 0.164. The average Bonchev–Trinajstić information content (AvgIpc) is 2.37. The van der Waals surface area contributed by atoms with Crippen molar-refractivity contribution < 1.29 is 4.79 Å². The van der Waals surface area contributed by atoms with Gasteiger partial charge in [0.05, 0.1) is 0 Å². The first-order chi connectivity index (χ1) is 8.95. The van der Waals surface area contributed by atoms with Crippen molar-refractivity contribution in [3.63, 3.8) is 0 Å². The fraction of sp³-hybridized carbons (Fsp3) is 0.571. The van der Waals surface area contributed by atoms with Crippen LogP contribution < -0.4 is 10.7 Å². The molecule has 0 aliphatic rings. The summed E-state index contributed by atoms with van der Waals surface area (Å²) in [6, 6.07) is 1.92. The molecular weight excluding hydrogens is 242 g/mol. The number of rotatable bonds is 6. The first kappa shape index (κ1) is 15.4. The van der Waals surface area contributed by atoms with Crippen LogP contribution in [-0.4, -0.2) is 42.0 Å². The highest BCUT2D eigenvalue weighted by Crippen LogP contribution is 1.98. The first-order valence-electron chi connectivity index (χ1n) is 6.63. The van der Waals surface area contributed by atoms with E-state index in [4.69, 9.17) is 0 Å². The Morgan fingerprint density at radius 2 is 2.21 bits per heavy atom. The molecule has 1 aromatic rings. The van der Waals surface area contributed by atoms with Crippen molar-refractivity contribution in [3.8, 4) is 0 Å². The topological polar surface area (TPSA) is 65.2 Å². The van der Waals surface area contributed by atoms with Crippen LogP contribution >= 0.6 is 0 Å². The van der Waals surface area contributed by atoms with E-state index in [2.05, 4.69) is 29.0 Å². The average molecular weight is 265 g/mol. The molecule has 0 fully saturated rings. The Labute approximate surface area is 114 Å². The van der Waals surface area contributed by atoms with Gasteiger partial charge in [0, 0.05) is 37.1 Å². The van der Waals surface area contributed by atoms with Crippen LogP contribution in [0.5, 0.6) is 0 Å². The van der Waals surface area contributed by atoms with Gasteiger partial charge in [0.25, 0.3) is 5.91 Å². The van der Waals surface area contributed by atoms with E-state index in [1.165, 1.54) is 12.3 Å². The van der Waals surface area contributed by atoms with E-state index < -0.39 is 0 Å². The number of carbonyl (C=O) groups excluding carboxylic acids is 1. The number of pyridine rings is 1. The molecule has 1 rings (SSSR count). The van der Waals surface area contributed by atoms with E-state index in [0.29, 0.717) is 12.6 Å². The summed E-state index contributed by atoms with van der Waals surface area (Å²) in [5, 5.41) is 2.77. The monoisotopic (exact) mass is 265 g/mol. The third-order valence-electron chi connectivity index (χ3n) is 3.40. The molecule has 0 aromatic carbocycles. The standard InChI is InChI=1S/C14H23N3O2/c1-5-11(3)17(4)7-6-15-14(19)12-9-16-10(2)8-13(12)18/h8-9,11H,5-7H2,1-4H3,(H,15,19)(H,16,18). The number of nitrogens with zero attached hydrogens (tertiary/aromatic N) is 1. The van der Waals surface area contributed by atoms with Crippen LogP contribution in [0.4, 0.5) is 0 Å². The number of carbonyl (C=O) groups is 1. The highest BCUT2D eigenvalue weighted by atomic mass is 16.2. The molecule has 106 valence electrons. The Bertz CT molecular complexity index is 482. The Kier molecular flexibility index (Phi) is 5.76. The zero-order valence-electron chi connectivity index (χ0n) is 12.1. The number of amides is 1. The van der Waals surface area contributed by atoms with Crippen LogP contribution in [0.1, 0.15) is 36.3 Å². The summed E-state index contributed by atoms with van der Waals surface area (Å²) in [6.07, 6.45) is 2.54. The summed E-state index contributed by atoms with van der Waals surface area (Å²) in [7, 11) is 2.03. The van der Waals surface area contributed by atoms with E-state index in [0.717, 1.165) is 18.7 Å². The maximum absolute atomic E-state index is 11.8. The van der Waals surface area contributed by atoms with Gasteiger partial charge in [0.15, 0.2) is 5.43 Å². The molecule has 0 aliphatic carbocycles. The molecule has 1 aromatic heterocycles. The van der Waals surface area contributed by atoms with Gasteiger partial charge in [-0.15, -0.1) is 0 Å². The highest BCUT2D eigenvalue weighted by molar-refractivity contribution is 5.93. The van der Waals surface area contributed by atoms with Crippen LogP contribution in [-0.2, 0) is 0 Å². The van der Waals surface area contributed by atoms with Gasteiger partial charge in [-0.1, -0.05) is 6.92 Å². The lowest BCUT2D eigenvalue weighted by Crippen LogP contribution is -2.38. The molecule has 5 nitrogen and oxygen atoms in total. The van der Waals surface area contributed by atoms with Crippen LogP contribution in [0.3, 0.4) is 0 Å². The van der Waals surface area contributed by atoms with Crippen LogP contribution in [0.25, 0.3) is 0 Å². The highest BCUT2D eigenvalue weighted by Gasteiger charge is 2.11. The Morgan fingerprint density at radius 1 is 1.53 bits per heavy atom. The molecule has 5 heteroatoms. The lowest BCUT2D eigenvalue weighted by molar-refractivity contribution is 0.0946. The van der Waals surface area contributed by atoms with Gasteiger partial charge in [-0.05, 0) is 27.3 Å². The summed E-state index contributed by atoms with van der Waals surface area (Å²) in [5.41, 5.74) is 0.666. The summed E-state index contributed by atoms with van der Waals surface area (Å²) in [5.74, 6) is -0.321. The minimum atomic E-state index is -0.321. The number of aromatic amines is 1. The van der Waals surface area contributed by atoms with Crippen molar-refractivity contribution in [3.05, 3.63) is 33.7 Å². The van der Waals surface area contributed by atoms with E-state index in [9.17, 15) is 9.59 Å². The van der Waals surface area contributed by atoms with Crippen molar-refractivity contribution in [1.82, 2.24) is 15.2 Å². The summed E-state index contributed by atoms with van der Waals surface area (Å²) >= 11 is 0. The second kappa shape index (κ2) is 7.09. The fourth-order valence-electron chi connectivity index (χ4n) is 1.72. The third-order valence-corrected chi connectivity index (χ3v) is 3.40. The lowest BCUT2D eigenvalue weighted by atomic mass is 10.2. The molecule has 1 atom stereocenters. The molecule has 0 spiro atoms. The molecule has 0 bridgehead atoms. The van der Waals surface area contributed by atoms with E-state index in [1.54, 1.807) is 6.92 Å². The maximum Gasteiger partial charge on any atom is 0.256 e. The number of nitrogens with one attached hydrogen (secondary N) is 2. The summed E-state index contributed by atoms with van der Waals surface area (Å²) in [6.45, 7) is 7.36. The van der Waals surface area contributed by atoms with E-state index in [1.807, 2.05) is 7.05 Å². The number of H-pyrrole nitrogens is 1. The number of aromatic nitrogens is 1. The van der Waals surface area contributed by atoms with Crippen molar-refractivity contribution in [2.24, 2.45) is 0 Å². The normalized spacial score (nSPS) is 12.5. The fourth-order valence-corrected chi connectivity index (χ4v) is 1.72. The molecule has 0 radical (unpaired) electrons. The Balaban J connectivity index is 2.50. The van der Waals surface area contributed by atoms with E-state index in [-0.39, 0.29) is 16.9 Å². The van der Waals surface area contributed by atoms with Crippen LogP contribution in [0.15, 0.2) is 17.1 Å². The second-order valence-electron chi connectivity index (χ2n) is 4.89. The second-order valence-corrected chi connectivity index (χ2v) is 4.89. The molecule has 0 saturated carbocycles. The van der Waals surface area contributed by atoms with Gasteiger partial charge < -0.3 is 15.2 Å². The predicted octanol–water partition coefficient (Wildman–Crippen LogP) is 1.14. The summed E-state index contributed by atoms with van der Waals surface area (Å²) in [4.78, 5) is 28.5. The van der Waals surface area contributed by atoms with Gasteiger partial charge >= 0.3 is 0 Å². The number of aryl methyl sites for hydroxylation is 1. The molecule has 0 saturated heterocycles. The van der Waals surface area contributed by atoms with Gasteiger partial charge in [0.2, 0.25) is 0 Å². The quantitative estimate of drug-likeness (QED) is 0.810. The van der Waals surface area contributed by atoms with Crippen molar-refractivity contribution in [1.29, 1.82) is 0 Å². The van der Waals surface area contributed by atoms with Crippen LogP contribution in [0.2, 0.25) is 0 Å². The first-order valence-corrected chi connectivity index (χ1v) is 6.63. The minimum Gasteiger partial charge on any atom is -0.364 e. The molecule has 0 aliphatic heterocycles.